The second-order valence-electron chi connectivity index (χ2n) is 6.40. The molecule has 2 nitrogen and oxygen atoms in total. The molecule has 0 aromatic heterocycles. The fourth-order valence-corrected chi connectivity index (χ4v) is 2.85. The maximum absolute atomic E-state index is 6.18. The third-order valence-electron chi connectivity index (χ3n) is 3.98. The van der Waals surface area contributed by atoms with Gasteiger partial charge in [-0.25, -0.2) is 0 Å². The summed E-state index contributed by atoms with van der Waals surface area (Å²) in [6.07, 6.45) is 2.45. The molecule has 1 heterocycles. The van der Waals surface area contributed by atoms with Crippen molar-refractivity contribution < 1.29 is 0 Å². The number of benzene rings is 1. The first-order chi connectivity index (χ1) is 8.97. The van der Waals surface area contributed by atoms with Crippen LogP contribution in [0.1, 0.15) is 39.2 Å². The quantitative estimate of drug-likeness (QED) is 0.908. The van der Waals surface area contributed by atoms with Crippen LogP contribution in [0.15, 0.2) is 24.3 Å². The molecule has 0 radical (unpaired) electrons. The molecule has 2 rings (SSSR count). The minimum Gasteiger partial charge on any atom is -0.310 e. The summed E-state index contributed by atoms with van der Waals surface area (Å²) in [5, 5.41) is 4.50. The SMILES string of the molecule is CC(C)(C)N1CCC(NCc2ccccc2Cl)CC1. The van der Waals surface area contributed by atoms with E-state index in [4.69, 9.17) is 11.6 Å². The summed E-state index contributed by atoms with van der Waals surface area (Å²) < 4.78 is 0. The van der Waals surface area contributed by atoms with Crippen LogP contribution in [0.5, 0.6) is 0 Å². The lowest BCUT2D eigenvalue weighted by Gasteiger charge is -2.41. The van der Waals surface area contributed by atoms with Gasteiger partial charge < -0.3 is 5.32 Å². The number of hydrogen-bond acceptors (Lipinski definition) is 2. The van der Waals surface area contributed by atoms with Gasteiger partial charge >= 0.3 is 0 Å². The first-order valence-electron chi connectivity index (χ1n) is 7.18. The topological polar surface area (TPSA) is 15.3 Å². The molecule has 0 bridgehead atoms. The summed E-state index contributed by atoms with van der Waals surface area (Å²) in [6, 6.07) is 8.70. The molecule has 1 fully saturated rings. The zero-order valence-electron chi connectivity index (χ0n) is 12.2. The molecule has 0 amide bonds. The lowest BCUT2D eigenvalue weighted by molar-refractivity contribution is 0.0960. The van der Waals surface area contributed by atoms with Gasteiger partial charge in [-0.3, -0.25) is 4.90 Å². The van der Waals surface area contributed by atoms with Crippen LogP contribution in [0.2, 0.25) is 5.02 Å². The molecule has 0 aliphatic carbocycles. The fraction of sp³-hybridized carbons (Fsp3) is 0.625. The van der Waals surface area contributed by atoms with Crippen molar-refractivity contribution in [2.75, 3.05) is 13.1 Å². The monoisotopic (exact) mass is 280 g/mol. The number of piperidine rings is 1. The molecule has 1 aromatic carbocycles. The maximum atomic E-state index is 6.18. The maximum Gasteiger partial charge on any atom is 0.0450 e. The average Bonchev–Trinajstić information content (AvgIpc) is 2.37. The molecule has 0 spiro atoms. The number of likely N-dealkylation sites (tertiary alicyclic amines) is 1. The van der Waals surface area contributed by atoms with E-state index in [1.165, 1.54) is 31.5 Å². The summed E-state index contributed by atoms with van der Waals surface area (Å²) in [5.74, 6) is 0. The van der Waals surface area contributed by atoms with Gasteiger partial charge in [0.15, 0.2) is 0 Å². The number of hydrogen-bond donors (Lipinski definition) is 1. The summed E-state index contributed by atoms with van der Waals surface area (Å²) in [7, 11) is 0. The van der Waals surface area contributed by atoms with E-state index < -0.39 is 0 Å². The molecule has 19 heavy (non-hydrogen) atoms. The smallest absolute Gasteiger partial charge is 0.0450 e. The summed E-state index contributed by atoms with van der Waals surface area (Å²) in [6.45, 7) is 10.1. The first-order valence-corrected chi connectivity index (χ1v) is 7.56. The highest BCUT2D eigenvalue weighted by molar-refractivity contribution is 6.31. The number of halogens is 1. The van der Waals surface area contributed by atoms with E-state index >= 15 is 0 Å². The van der Waals surface area contributed by atoms with Crippen LogP contribution in [0.25, 0.3) is 0 Å². The van der Waals surface area contributed by atoms with Gasteiger partial charge in [0.05, 0.1) is 0 Å². The number of nitrogens with one attached hydrogen (secondary N) is 1. The van der Waals surface area contributed by atoms with Gasteiger partial charge in [0.2, 0.25) is 0 Å². The first kappa shape index (κ1) is 14.8. The van der Waals surface area contributed by atoms with Crippen molar-refractivity contribution >= 4 is 11.6 Å². The molecule has 0 saturated carbocycles. The van der Waals surface area contributed by atoms with Crippen LogP contribution in [-0.4, -0.2) is 29.6 Å². The Morgan fingerprint density at radius 1 is 1.21 bits per heavy atom. The second-order valence-corrected chi connectivity index (χ2v) is 6.81. The molecular formula is C16H25ClN2. The van der Waals surface area contributed by atoms with Gasteiger partial charge in [-0.05, 0) is 45.2 Å². The van der Waals surface area contributed by atoms with Crippen LogP contribution in [0, 0.1) is 0 Å². The van der Waals surface area contributed by atoms with Gasteiger partial charge in [-0.1, -0.05) is 29.8 Å². The molecule has 1 aliphatic rings. The second kappa shape index (κ2) is 6.25. The van der Waals surface area contributed by atoms with E-state index in [2.05, 4.69) is 37.1 Å². The Morgan fingerprint density at radius 3 is 2.42 bits per heavy atom. The van der Waals surface area contributed by atoms with Crippen LogP contribution >= 0.6 is 11.6 Å². The highest BCUT2D eigenvalue weighted by Gasteiger charge is 2.26. The van der Waals surface area contributed by atoms with Crippen molar-refractivity contribution in [2.45, 2.75) is 51.7 Å². The van der Waals surface area contributed by atoms with Gasteiger partial charge in [-0.15, -0.1) is 0 Å². The lowest BCUT2D eigenvalue weighted by atomic mass is 9.98. The van der Waals surface area contributed by atoms with E-state index in [1.54, 1.807) is 0 Å². The fourth-order valence-electron chi connectivity index (χ4n) is 2.65. The Hall–Kier alpha value is -0.570. The highest BCUT2D eigenvalue weighted by atomic mass is 35.5. The normalized spacial score (nSPS) is 18.7. The molecule has 106 valence electrons. The summed E-state index contributed by atoms with van der Waals surface area (Å²) in [4.78, 5) is 2.57. The zero-order chi connectivity index (χ0) is 13.9. The average molecular weight is 281 g/mol. The van der Waals surface area contributed by atoms with Crippen molar-refractivity contribution in [1.29, 1.82) is 0 Å². The van der Waals surface area contributed by atoms with Crippen LogP contribution in [0.4, 0.5) is 0 Å². The van der Waals surface area contributed by atoms with Crippen molar-refractivity contribution in [3.63, 3.8) is 0 Å². The van der Waals surface area contributed by atoms with Crippen LogP contribution in [-0.2, 0) is 6.54 Å². The number of nitrogens with zero attached hydrogens (tertiary/aromatic N) is 1. The van der Waals surface area contributed by atoms with Gasteiger partial charge in [0.1, 0.15) is 0 Å². The largest absolute Gasteiger partial charge is 0.310 e. The van der Waals surface area contributed by atoms with E-state index in [9.17, 15) is 0 Å². The zero-order valence-corrected chi connectivity index (χ0v) is 13.0. The molecule has 1 aliphatic heterocycles. The summed E-state index contributed by atoms with van der Waals surface area (Å²) >= 11 is 6.18. The Kier molecular flexibility index (Phi) is 4.88. The summed E-state index contributed by atoms with van der Waals surface area (Å²) in [5.41, 5.74) is 1.50. The third-order valence-corrected chi connectivity index (χ3v) is 4.35. The predicted molar refractivity (Wildman–Crippen MR) is 82.6 cm³/mol. The third kappa shape index (κ3) is 4.20. The van der Waals surface area contributed by atoms with Crippen molar-refractivity contribution in [3.8, 4) is 0 Å². The van der Waals surface area contributed by atoms with Crippen LogP contribution in [0.3, 0.4) is 0 Å². The molecule has 0 atom stereocenters. The van der Waals surface area contributed by atoms with Gasteiger partial charge in [-0.2, -0.15) is 0 Å². The van der Waals surface area contributed by atoms with E-state index in [-0.39, 0.29) is 0 Å². The Balaban J connectivity index is 1.79. The molecule has 0 unspecified atom stereocenters. The molecule has 1 aromatic rings. The molecule has 1 saturated heterocycles. The van der Waals surface area contributed by atoms with Crippen molar-refractivity contribution in [2.24, 2.45) is 0 Å². The predicted octanol–water partition coefficient (Wildman–Crippen LogP) is 3.69. The van der Waals surface area contributed by atoms with Crippen molar-refractivity contribution in [1.82, 2.24) is 10.2 Å². The molecular weight excluding hydrogens is 256 g/mol. The lowest BCUT2D eigenvalue weighted by Crippen LogP contribution is -2.49. The van der Waals surface area contributed by atoms with Gasteiger partial charge in [0.25, 0.3) is 0 Å². The Labute approximate surface area is 122 Å². The standard InChI is InChI=1S/C16H25ClN2/c1-16(2,3)19-10-8-14(9-11-19)18-12-13-6-4-5-7-15(13)17/h4-7,14,18H,8-12H2,1-3H3. The molecule has 3 heteroatoms. The van der Waals surface area contributed by atoms with Gasteiger partial charge in [0, 0.05) is 36.2 Å². The van der Waals surface area contributed by atoms with Crippen LogP contribution < -0.4 is 5.32 Å². The van der Waals surface area contributed by atoms with E-state index in [1.807, 2.05) is 18.2 Å². The number of rotatable bonds is 3. The Morgan fingerprint density at radius 2 is 1.84 bits per heavy atom. The highest BCUT2D eigenvalue weighted by Crippen LogP contribution is 2.21. The minimum atomic E-state index is 0.299. The van der Waals surface area contributed by atoms with E-state index in [0.717, 1.165) is 11.6 Å². The Bertz CT molecular complexity index is 403. The molecule has 1 N–H and O–H groups in total. The van der Waals surface area contributed by atoms with E-state index in [0.29, 0.717) is 11.6 Å². The van der Waals surface area contributed by atoms with Crippen molar-refractivity contribution in [3.05, 3.63) is 34.9 Å². The minimum absolute atomic E-state index is 0.299.